The van der Waals surface area contributed by atoms with Gasteiger partial charge in [0.2, 0.25) is 0 Å². The van der Waals surface area contributed by atoms with E-state index in [4.69, 9.17) is 4.52 Å². The third-order valence-corrected chi connectivity index (χ3v) is 5.47. The van der Waals surface area contributed by atoms with Crippen LogP contribution in [-0.2, 0) is 5.75 Å². The van der Waals surface area contributed by atoms with Crippen LogP contribution in [0.4, 0.5) is 0 Å². The van der Waals surface area contributed by atoms with Crippen molar-refractivity contribution >= 4 is 17.7 Å². The largest absolute Gasteiger partial charge is 0.391 e. The molecule has 1 aliphatic heterocycles. The zero-order valence-electron chi connectivity index (χ0n) is 13.9. The average Bonchev–Trinajstić information content (AvgIpc) is 3.00. The number of aromatic nitrogens is 1. The number of hydrogen-bond donors (Lipinski definition) is 1. The SMILES string of the molecule is Cc1cc(CSc2ccccc2C(=O)N2CCC(C)C(O)C2)on1. The van der Waals surface area contributed by atoms with Crippen LogP contribution in [0.5, 0.6) is 0 Å². The van der Waals surface area contributed by atoms with Crippen molar-refractivity contribution in [2.24, 2.45) is 5.92 Å². The molecule has 0 aliphatic carbocycles. The number of carbonyl (C=O) groups excluding carboxylic acids is 1. The number of β-amino-alcohol motifs (C(OH)–C–C–N with tert-alkyl or cyclic N) is 1. The molecule has 128 valence electrons. The van der Waals surface area contributed by atoms with Gasteiger partial charge >= 0.3 is 0 Å². The summed E-state index contributed by atoms with van der Waals surface area (Å²) in [7, 11) is 0. The van der Waals surface area contributed by atoms with Crippen molar-refractivity contribution in [3.63, 3.8) is 0 Å². The molecule has 1 aliphatic rings. The van der Waals surface area contributed by atoms with Gasteiger partial charge in [0.25, 0.3) is 5.91 Å². The van der Waals surface area contributed by atoms with E-state index in [0.717, 1.165) is 22.8 Å². The number of piperidine rings is 1. The third kappa shape index (κ3) is 3.82. The Balaban J connectivity index is 1.72. The molecular weight excluding hydrogens is 324 g/mol. The van der Waals surface area contributed by atoms with Gasteiger partial charge in [0.1, 0.15) is 5.76 Å². The second-order valence-electron chi connectivity index (χ2n) is 6.30. The zero-order valence-corrected chi connectivity index (χ0v) is 14.8. The maximum absolute atomic E-state index is 12.9. The first-order valence-electron chi connectivity index (χ1n) is 8.16. The maximum atomic E-state index is 12.9. The van der Waals surface area contributed by atoms with Crippen LogP contribution in [-0.4, -0.2) is 40.3 Å². The van der Waals surface area contributed by atoms with E-state index in [1.165, 1.54) is 0 Å². The van der Waals surface area contributed by atoms with Crippen LogP contribution >= 0.6 is 11.8 Å². The van der Waals surface area contributed by atoms with E-state index in [9.17, 15) is 9.90 Å². The molecule has 3 rings (SSSR count). The fourth-order valence-corrected chi connectivity index (χ4v) is 3.73. The number of aryl methyl sites for hydroxylation is 1. The maximum Gasteiger partial charge on any atom is 0.255 e. The smallest absolute Gasteiger partial charge is 0.255 e. The summed E-state index contributed by atoms with van der Waals surface area (Å²) in [5.74, 6) is 1.65. The predicted molar refractivity (Wildman–Crippen MR) is 92.9 cm³/mol. The molecule has 1 N–H and O–H groups in total. The minimum atomic E-state index is -0.445. The van der Waals surface area contributed by atoms with Gasteiger partial charge in [-0.3, -0.25) is 4.79 Å². The summed E-state index contributed by atoms with van der Waals surface area (Å²) in [5.41, 5.74) is 1.53. The van der Waals surface area contributed by atoms with Crippen molar-refractivity contribution < 1.29 is 14.4 Å². The molecule has 1 aromatic heterocycles. The van der Waals surface area contributed by atoms with Crippen LogP contribution in [0.2, 0.25) is 0 Å². The Morgan fingerprint density at radius 2 is 2.25 bits per heavy atom. The molecule has 0 bridgehead atoms. The number of carbonyl (C=O) groups is 1. The number of thioether (sulfide) groups is 1. The molecule has 6 heteroatoms. The lowest BCUT2D eigenvalue weighted by atomic mass is 9.95. The number of amides is 1. The number of nitrogens with zero attached hydrogens (tertiary/aromatic N) is 2. The van der Waals surface area contributed by atoms with E-state index < -0.39 is 6.10 Å². The first-order chi connectivity index (χ1) is 11.5. The lowest BCUT2D eigenvalue weighted by Gasteiger charge is -2.34. The standard InChI is InChI=1S/C18H22N2O3S/c1-12-7-8-20(10-16(12)21)18(22)15-5-3-4-6-17(15)24-11-14-9-13(2)19-23-14/h3-6,9,12,16,21H,7-8,10-11H2,1-2H3. The highest BCUT2D eigenvalue weighted by Gasteiger charge is 2.28. The van der Waals surface area contributed by atoms with Crippen LogP contribution < -0.4 is 0 Å². The molecular formula is C18H22N2O3S. The van der Waals surface area contributed by atoms with Crippen LogP contribution in [0, 0.1) is 12.8 Å². The van der Waals surface area contributed by atoms with Crippen molar-refractivity contribution in [2.75, 3.05) is 13.1 Å². The average molecular weight is 346 g/mol. The molecule has 2 atom stereocenters. The molecule has 0 radical (unpaired) electrons. The van der Waals surface area contributed by atoms with E-state index in [0.29, 0.717) is 24.4 Å². The van der Waals surface area contributed by atoms with Gasteiger partial charge in [-0.25, -0.2) is 0 Å². The van der Waals surface area contributed by atoms with E-state index >= 15 is 0 Å². The van der Waals surface area contributed by atoms with Crippen LogP contribution in [0.3, 0.4) is 0 Å². The van der Waals surface area contributed by atoms with Crippen LogP contribution in [0.1, 0.15) is 35.2 Å². The fraction of sp³-hybridized carbons (Fsp3) is 0.444. The molecule has 2 aromatic rings. The Morgan fingerprint density at radius 1 is 1.46 bits per heavy atom. The first-order valence-corrected chi connectivity index (χ1v) is 9.14. The number of hydrogen-bond acceptors (Lipinski definition) is 5. The van der Waals surface area contributed by atoms with Gasteiger partial charge < -0.3 is 14.5 Å². The number of aliphatic hydroxyl groups is 1. The molecule has 2 unspecified atom stereocenters. The molecule has 24 heavy (non-hydrogen) atoms. The topological polar surface area (TPSA) is 66.6 Å². The monoisotopic (exact) mass is 346 g/mol. The predicted octanol–water partition coefficient (Wildman–Crippen LogP) is 3.12. The van der Waals surface area contributed by atoms with Crippen molar-refractivity contribution in [1.29, 1.82) is 0 Å². The summed E-state index contributed by atoms with van der Waals surface area (Å²) in [6, 6.07) is 9.50. The molecule has 1 amide bonds. The van der Waals surface area contributed by atoms with Crippen molar-refractivity contribution in [3.8, 4) is 0 Å². The van der Waals surface area contributed by atoms with Gasteiger partial charge in [-0.15, -0.1) is 11.8 Å². The second-order valence-corrected chi connectivity index (χ2v) is 7.32. The quantitative estimate of drug-likeness (QED) is 0.862. The highest BCUT2D eigenvalue weighted by atomic mass is 32.2. The van der Waals surface area contributed by atoms with E-state index in [-0.39, 0.29) is 11.8 Å². The summed E-state index contributed by atoms with van der Waals surface area (Å²) in [6.07, 6.45) is 0.388. The van der Waals surface area contributed by atoms with Crippen LogP contribution in [0.15, 0.2) is 39.8 Å². The first kappa shape index (κ1) is 17.0. The minimum absolute atomic E-state index is 0.0159. The van der Waals surface area contributed by atoms with E-state index in [2.05, 4.69) is 5.16 Å². The lowest BCUT2D eigenvalue weighted by Crippen LogP contribution is -2.45. The number of rotatable bonds is 4. The Kier molecular flexibility index (Phi) is 5.26. The summed E-state index contributed by atoms with van der Waals surface area (Å²) in [6.45, 7) is 5.01. The summed E-state index contributed by atoms with van der Waals surface area (Å²) in [4.78, 5) is 15.5. The molecule has 1 fully saturated rings. The molecule has 1 saturated heterocycles. The Labute approximate surface area is 146 Å². The zero-order chi connectivity index (χ0) is 17.1. The molecule has 2 heterocycles. The number of benzene rings is 1. The summed E-state index contributed by atoms with van der Waals surface area (Å²) >= 11 is 1.56. The van der Waals surface area contributed by atoms with Gasteiger partial charge in [-0.05, 0) is 31.4 Å². The molecule has 5 nitrogen and oxygen atoms in total. The molecule has 0 saturated carbocycles. The third-order valence-electron chi connectivity index (χ3n) is 4.37. The van der Waals surface area contributed by atoms with Gasteiger partial charge in [-0.2, -0.15) is 0 Å². The van der Waals surface area contributed by atoms with Gasteiger partial charge in [0.05, 0.1) is 23.1 Å². The van der Waals surface area contributed by atoms with Crippen LogP contribution in [0.25, 0.3) is 0 Å². The van der Waals surface area contributed by atoms with Gasteiger partial charge in [0, 0.05) is 24.1 Å². The van der Waals surface area contributed by atoms with Crippen molar-refractivity contribution in [3.05, 3.63) is 47.3 Å². The molecule has 0 spiro atoms. The summed E-state index contributed by atoms with van der Waals surface area (Å²) in [5, 5.41) is 13.9. The van der Waals surface area contributed by atoms with Gasteiger partial charge in [0.15, 0.2) is 0 Å². The van der Waals surface area contributed by atoms with Gasteiger partial charge in [-0.1, -0.05) is 24.2 Å². The highest BCUT2D eigenvalue weighted by Crippen LogP contribution is 2.28. The Bertz CT molecular complexity index is 716. The number of likely N-dealkylation sites (tertiary alicyclic amines) is 1. The molecule has 1 aromatic carbocycles. The van der Waals surface area contributed by atoms with Crippen molar-refractivity contribution in [1.82, 2.24) is 10.1 Å². The lowest BCUT2D eigenvalue weighted by molar-refractivity contribution is 0.0246. The fourth-order valence-electron chi connectivity index (χ4n) is 2.81. The summed E-state index contributed by atoms with van der Waals surface area (Å²) < 4.78 is 5.23. The minimum Gasteiger partial charge on any atom is -0.391 e. The Morgan fingerprint density at radius 3 is 2.96 bits per heavy atom. The Hall–Kier alpha value is -1.79. The normalized spacial score (nSPS) is 21.0. The second kappa shape index (κ2) is 7.40. The van der Waals surface area contributed by atoms with E-state index in [1.807, 2.05) is 44.2 Å². The van der Waals surface area contributed by atoms with E-state index in [1.54, 1.807) is 16.7 Å². The van der Waals surface area contributed by atoms with Crippen molar-refractivity contribution in [2.45, 2.75) is 37.0 Å². The highest BCUT2D eigenvalue weighted by molar-refractivity contribution is 7.98. The number of aliphatic hydroxyl groups excluding tert-OH is 1.